The molecule has 25 heavy (non-hydrogen) atoms. The summed E-state index contributed by atoms with van der Waals surface area (Å²) >= 11 is 0. The smallest absolute Gasteiger partial charge is 0.220 e. The van der Waals surface area contributed by atoms with E-state index in [9.17, 15) is 4.79 Å². The van der Waals surface area contributed by atoms with Gasteiger partial charge < -0.3 is 5.32 Å². The molecule has 1 amide bonds. The number of carbonyl (C=O) groups is 1. The van der Waals surface area contributed by atoms with Gasteiger partial charge in [0.2, 0.25) is 5.91 Å². The van der Waals surface area contributed by atoms with E-state index in [1.165, 1.54) is 11.1 Å². The molecule has 1 atom stereocenters. The lowest BCUT2D eigenvalue weighted by molar-refractivity contribution is -0.121. The van der Waals surface area contributed by atoms with E-state index in [1.54, 1.807) is 6.20 Å². The average Bonchev–Trinajstić information content (AvgIpc) is 3.15. The summed E-state index contributed by atoms with van der Waals surface area (Å²) < 4.78 is 1.89. The predicted octanol–water partition coefficient (Wildman–Crippen LogP) is 3.74. The van der Waals surface area contributed by atoms with Gasteiger partial charge in [-0.3, -0.25) is 9.48 Å². The molecule has 1 heterocycles. The van der Waals surface area contributed by atoms with Gasteiger partial charge in [0.1, 0.15) is 0 Å². The molecule has 1 aromatic heterocycles. The SMILES string of the molecule is CC(CC(=O)NCc1ccccc1Cn1cccn1)c1ccccc1. The van der Waals surface area contributed by atoms with Crippen LogP contribution in [0.2, 0.25) is 0 Å². The molecule has 0 bridgehead atoms. The summed E-state index contributed by atoms with van der Waals surface area (Å²) in [6.07, 6.45) is 4.21. The quantitative estimate of drug-likeness (QED) is 0.716. The minimum Gasteiger partial charge on any atom is -0.352 e. The highest BCUT2D eigenvalue weighted by Crippen LogP contribution is 2.18. The molecule has 0 aliphatic heterocycles. The Morgan fingerprint density at radius 2 is 1.76 bits per heavy atom. The molecule has 1 N–H and O–H groups in total. The van der Waals surface area contributed by atoms with Gasteiger partial charge in [-0.1, -0.05) is 61.5 Å². The van der Waals surface area contributed by atoms with E-state index >= 15 is 0 Å². The number of nitrogens with one attached hydrogen (secondary N) is 1. The maximum absolute atomic E-state index is 12.3. The fraction of sp³-hybridized carbons (Fsp3) is 0.238. The van der Waals surface area contributed by atoms with E-state index in [2.05, 4.69) is 41.6 Å². The van der Waals surface area contributed by atoms with Gasteiger partial charge in [0, 0.05) is 25.4 Å². The fourth-order valence-corrected chi connectivity index (χ4v) is 2.90. The van der Waals surface area contributed by atoms with Gasteiger partial charge in [0.05, 0.1) is 6.54 Å². The van der Waals surface area contributed by atoms with Crippen molar-refractivity contribution in [1.29, 1.82) is 0 Å². The van der Waals surface area contributed by atoms with Crippen molar-refractivity contribution in [2.75, 3.05) is 0 Å². The number of hydrogen-bond donors (Lipinski definition) is 1. The summed E-state index contributed by atoms with van der Waals surface area (Å²) in [6.45, 7) is 3.33. The van der Waals surface area contributed by atoms with Crippen molar-refractivity contribution in [3.8, 4) is 0 Å². The molecule has 0 aliphatic rings. The van der Waals surface area contributed by atoms with Gasteiger partial charge in [0.15, 0.2) is 0 Å². The normalized spacial score (nSPS) is 11.9. The highest BCUT2D eigenvalue weighted by Gasteiger charge is 2.11. The van der Waals surface area contributed by atoms with Crippen molar-refractivity contribution < 1.29 is 4.79 Å². The molecule has 0 saturated heterocycles. The molecule has 0 fully saturated rings. The van der Waals surface area contributed by atoms with Crippen molar-refractivity contribution in [2.24, 2.45) is 0 Å². The van der Waals surface area contributed by atoms with Gasteiger partial charge in [-0.05, 0) is 28.7 Å². The number of benzene rings is 2. The number of hydrogen-bond acceptors (Lipinski definition) is 2. The zero-order chi connectivity index (χ0) is 17.5. The second-order valence-corrected chi connectivity index (χ2v) is 6.26. The second-order valence-electron chi connectivity index (χ2n) is 6.26. The fourth-order valence-electron chi connectivity index (χ4n) is 2.90. The molecule has 0 spiro atoms. The van der Waals surface area contributed by atoms with Crippen LogP contribution in [0.25, 0.3) is 0 Å². The first-order chi connectivity index (χ1) is 12.2. The van der Waals surface area contributed by atoms with Gasteiger partial charge in [-0.15, -0.1) is 0 Å². The van der Waals surface area contributed by atoms with Crippen molar-refractivity contribution in [3.05, 3.63) is 89.7 Å². The van der Waals surface area contributed by atoms with Crippen LogP contribution in [0.4, 0.5) is 0 Å². The van der Waals surface area contributed by atoms with E-state index < -0.39 is 0 Å². The molecule has 4 heteroatoms. The number of carbonyl (C=O) groups excluding carboxylic acids is 1. The maximum atomic E-state index is 12.3. The number of amides is 1. The molecule has 128 valence electrons. The van der Waals surface area contributed by atoms with Crippen molar-refractivity contribution >= 4 is 5.91 Å². The van der Waals surface area contributed by atoms with E-state index in [-0.39, 0.29) is 11.8 Å². The zero-order valence-electron chi connectivity index (χ0n) is 14.4. The third-order valence-corrected chi connectivity index (χ3v) is 4.35. The number of rotatable bonds is 7. The van der Waals surface area contributed by atoms with Crippen LogP contribution >= 0.6 is 0 Å². The Kier molecular flexibility index (Phi) is 5.62. The summed E-state index contributed by atoms with van der Waals surface area (Å²) in [4.78, 5) is 12.3. The van der Waals surface area contributed by atoms with Crippen molar-refractivity contribution in [2.45, 2.75) is 32.4 Å². The van der Waals surface area contributed by atoms with Gasteiger partial charge in [-0.2, -0.15) is 5.10 Å². The Morgan fingerprint density at radius 3 is 2.48 bits per heavy atom. The van der Waals surface area contributed by atoms with E-state index in [4.69, 9.17) is 0 Å². The summed E-state index contributed by atoms with van der Waals surface area (Å²) in [5.74, 6) is 0.283. The van der Waals surface area contributed by atoms with Crippen LogP contribution < -0.4 is 5.32 Å². The molecule has 1 unspecified atom stereocenters. The molecule has 0 radical (unpaired) electrons. The largest absolute Gasteiger partial charge is 0.352 e. The third-order valence-electron chi connectivity index (χ3n) is 4.35. The Morgan fingerprint density at radius 1 is 1.04 bits per heavy atom. The monoisotopic (exact) mass is 333 g/mol. The standard InChI is InChI=1S/C21H23N3O/c1-17(18-8-3-2-4-9-18)14-21(25)22-15-19-10-5-6-11-20(19)16-24-13-7-12-23-24/h2-13,17H,14-16H2,1H3,(H,22,25). The molecular formula is C21H23N3O. The molecular weight excluding hydrogens is 310 g/mol. The third kappa shape index (κ3) is 4.80. The van der Waals surface area contributed by atoms with Crippen LogP contribution in [0.3, 0.4) is 0 Å². The first-order valence-corrected chi connectivity index (χ1v) is 8.58. The van der Waals surface area contributed by atoms with E-state index in [0.717, 1.165) is 5.56 Å². The molecule has 0 aliphatic carbocycles. The first kappa shape index (κ1) is 17.0. The molecule has 4 nitrogen and oxygen atoms in total. The number of aromatic nitrogens is 2. The highest BCUT2D eigenvalue weighted by molar-refractivity contribution is 5.76. The maximum Gasteiger partial charge on any atom is 0.220 e. The Hall–Kier alpha value is -2.88. The minimum absolute atomic E-state index is 0.0743. The minimum atomic E-state index is 0.0743. The lowest BCUT2D eigenvalue weighted by Crippen LogP contribution is -2.24. The predicted molar refractivity (Wildman–Crippen MR) is 99.1 cm³/mol. The topological polar surface area (TPSA) is 46.9 Å². The van der Waals surface area contributed by atoms with Crippen LogP contribution in [0.15, 0.2) is 73.1 Å². The Bertz CT molecular complexity index is 797. The van der Waals surface area contributed by atoms with Gasteiger partial charge >= 0.3 is 0 Å². The van der Waals surface area contributed by atoms with Crippen molar-refractivity contribution in [1.82, 2.24) is 15.1 Å². The van der Waals surface area contributed by atoms with Gasteiger partial charge in [0.25, 0.3) is 0 Å². The van der Waals surface area contributed by atoms with Crippen LogP contribution in [-0.4, -0.2) is 15.7 Å². The summed E-state index contributed by atoms with van der Waals surface area (Å²) in [5, 5.41) is 7.30. The van der Waals surface area contributed by atoms with Crippen LogP contribution in [0, 0.1) is 0 Å². The van der Waals surface area contributed by atoms with Crippen LogP contribution in [0.1, 0.15) is 36.0 Å². The lowest BCUT2D eigenvalue weighted by atomic mass is 9.97. The van der Waals surface area contributed by atoms with Gasteiger partial charge in [-0.25, -0.2) is 0 Å². The van der Waals surface area contributed by atoms with E-state index in [1.807, 2.05) is 47.3 Å². The van der Waals surface area contributed by atoms with Crippen LogP contribution in [-0.2, 0) is 17.9 Å². The molecule has 0 saturated carbocycles. The summed E-state index contributed by atoms with van der Waals surface area (Å²) in [5.41, 5.74) is 3.48. The summed E-state index contributed by atoms with van der Waals surface area (Å²) in [6, 6.07) is 20.2. The molecule has 3 aromatic rings. The number of nitrogens with zero attached hydrogens (tertiary/aromatic N) is 2. The molecule has 2 aromatic carbocycles. The average molecular weight is 333 g/mol. The Labute approximate surface area is 148 Å². The van der Waals surface area contributed by atoms with Crippen LogP contribution in [0.5, 0.6) is 0 Å². The Balaban J connectivity index is 1.57. The summed E-state index contributed by atoms with van der Waals surface area (Å²) in [7, 11) is 0. The lowest BCUT2D eigenvalue weighted by Gasteiger charge is -2.14. The van der Waals surface area contributed by atoms with E-state index in [0.29, 0.717) is 19.5 Å². The van der Waals surface area contributed by atoms with Crippen molar-refractivity contribution in [3.63, 3.8) is 0 Å². The second kappa shape index (κ2) is 8.29. The molecule has 3 rings (SSSR count). The highest BCUT2D eigenvalue weighted by atomic mass is 16.1. The zero-order valence-corrected chi connectivity index (χ0v) is 14.4. The first-order valence-electron chi connectivity index (χ1n) is 8.58.